The molecule has 0 atom stereocenters. The fourth-order valence-electron chi connectivity index (χ4n) is 2.71. The Hall–Kier alpha value is -2.64. The van der Waals surface area contributed by atoms with Gasteiger partial charge in [-0.3, -0.25) is 15.0 Å². The van der Waals surface area contributed by atoms with Gasteiger partial charge in [0, 0.05) is 29.9 Å². The van der Waals surface area contributed by atoms with E-state index in [0.29, 0.717) is 16.8 Å². The fourth-order valence-corrected chi connectivity index (χ4v) is 3.27. The molecule has 0 spiro atoms. The third kappa shape index (κ3) is 3.95. The molecule has 7 nitrogen and oxygen atoms in total. The molecule has 0 saturated heterocycles. The number of hydrazone groups is 1. The topological polar surface area (TPSA) is 85.6 Å². The average molecular weight is 421 g/mol. The first-order valence-corrected chi connectivity index (χ1v) is 9.23. The predicted octanol–water partition coefficient (Wildman–Crippen LogP) is 3.78. The molecule has 0 fully saturated rings. The summed E-state index contributed by atoms with van der Waals surface area (Å²) in [6, 6.07) is 4.65. The Bertz CT molecular complexity index is 1050. The number of halogens is 2. The molecule has 0 unspecified atom stereocenters. The van der Waals surface area contributed by atoms with Gasteiger partial charge in [-0.15, -0.1) is 5.10 Å². The lowest BCUT2D eigenvalue weighted by molar-refractivity contribution is -0.112. The molecule has 0 saturated carbocycles. The van der Waals surface area contributed by atoms with Crippen molar-refractivity contribution in [1.82, 2.24) is 15.2 Å². The van der Waals surface area contributed by atoms with E-state index in [1.54, 1.807) is 25.2 Å². The van der Waals surface area contributed by atoms with E-state index in [2.05, 4.69) is 22.2 Å². The Morgan fingerprint density at radius 3 is 2.43 bits per heavy atom. The molecule has 1 N–H and O–H groups in total. The Kier molecular flexibility index (Phi) is 5.58. The van der Waals surface area contributed by atoms with E-state index in [1.165, 1.54) is 4.68 Å². The zero-order chi connectivity index (χ0) is 20.6. The van der Waals surface area contributed by atoms with Crippen molar-refractivity contribution in [3.63, 3.8) is 0 Å². The van der Waals surface area contributed by atoms with Crippen LogP contribution >= 0.6 is 23.2 Å². The molecule has 0 aliphatic carbocycles. The molecule has 2 heterocycles. The van der Waals surface area contributed by atoms with Gasteiger partial charge in [0.25, 0.3) is 5.56 Å². The van der Waals surface area contributed by atoms with Gasteiger partial charge < -0.3 is 4.74 Å². The molecule has 0 amide bonds. The van der Waals surface area contributed by atoms with Crippen LogP contribution < -0.4 is 15.7 Å². The van der Waals surface area contributed by atoms with Crippen molar-refractivity contribution in [3.05, 3.63) is 62.0 Å². The Morgan fingerprint density at radius 1 is 1.21 bits per heavy atom. The van der Waals surface area contributed by atoms with Gasteiger partial charge in [0.15, 0.2) is 11.5 Å². The highest BCUT2D eigenvalue weighted by Crippen LogP contribution is 2.37. The molecule has 146 valence electrons. The second-order valence-electron chi connectivity index (χ2n) is 6.67. The van der Waals surface area contributed by atoms with E-state index in [0.717, 1.165) is 0 Å². The Labute approximate surface area is 171 Å². The van der Waals surface area contributed by atoms with E-state index in [1.807, 2.05) is 13.8 Å². The first kappa shape index (κ1) is 20.1. The van der Waals surface area contributed by atoms with Crippen LogP contribution in [0.2, 0.25) is 10.0 Å². The van der Waals surface area contributed by atoms with Gasteiger partial charge in [0.2, 0.25) is 5.88 Å². The predicted molar refractivity (Wildman–Crippen MR) is 109 cm³/mol. The second-order valence-corrected chi connectivity index (χ2v) is 7.48. The maximum absolute atomic E-state index is 12.2. The van der Waals surface area contributed by atoms with E-state index in [-0.39, 0.29) is 51.1 Å². The normalized spacial score (nSPS) is 14.1. The number of carbonyl (C=O) groups is 1. The Morgan fingerprint density at radius 2 is 1.86 bits per heavy atom. The summed E-state index contributed by atoms with van der Waals surface area (Å²) in [4.78, 5) is 24.3. The summed E-state index contributed by atoms with van der Waals surface area (Å²) in [7, 11) is 1.54. The summed E-state index contributed by atoms with van der Waals surface area (Å²) in [6.07, 6.45) is 0.145. The fraction of sp³-hybridized carbons (Fsp3) is 0.263. The van der Waals surface area contributed by atoms with Gasteiger partial charge in [-0.25, -0.2) is 4.68 Å². The van der Waals surface area contributed by atoms with Gasteiger partial charge in [-0.2, -0.15) is 5.10 Å². The molecule has 2 aromatic rings. The monoisotopic (exact) mass is 420 g/mol. The van der Waals surface area contributed by atoms with E-state index >= 15 is 0 Å². The van der Waals surface area contributed by atoms with Gasteiger partial charge in [-0.1, -0.05) is 43.6 Å². The van der Waals surface area contributed by atoms with Crippen LogP contribution in [-0.4, -0.2) is 21.3 Å². The van der Waals surface area contributed by atoms with E-state index < -0.39 is 0 Å². The third-order valence-corrected chi connectivity index (χ3v) is 4.69. The maximum Gasteiger partial charge on any atom is 0.270 e. The smallest absolute Gasteiger partial charge is 0.270 e. The lowest BCUT2D eigenvalue weighted by Gasteiger charge is -2.16. The van der Waals surface area contributed by atoms with Crippen molar-refractivity contribution in [2.45, 2.75) is 26.2 Å². The van der Waals surface area contributed by atoms with Crippen LogP contribution in [0, 0.1) is 0 Å². The van der Waals surface area contributed by atoms with Gasteiger partial charge >= 0.3 is 0 Å². The number of hydrogen-bond acceptors (Lipinski definition) is 6. The zero-order valence-corrected chi connectivity index (χ0v) is 17.1. The third-order valence-electron chi connectivity index (χ3n) is 4.13. The van der Waals surface area contributed by atoms with Crippen LogP contribution in [0.1, 0.15) is 37.3 Å². The number of nitrogens with one attached hydrogen (secondary N) is 1. The summed E-state index contributed by atoms with van der Waals surface area (Å²) in [5.74, 6) is 0.168. The van der Waals surface area contributed by atoms with Crippen molar-refractivity contribution in [1.29, 1.82) is 0 Å². The van der Waals surface area contributed by atoms with Crippen molar-refractivity contribution < 1.29 is 9.53 Å². The van der Waals surface area contributed by atoms with Crippen LogP contribution in [-0.2, 0) is 11.8 Å². The lowest BCUT2D eigenvalue weighted by atomic mass is 10.0. The quantitative estimate of drug-likeness (QED) is 0.812. The number of aromatic nitrogens is 2. The maximum atomic E-state index is 12.2. The number of nitrogens with zero attached hydrogens (tertiary/aromatic N) is 3. The van der Waals surface area contributed by atoms with Gasteiger partial charge in [0.1, 0.15) is 5.71 Å². The number of ether oxygens (including phenoxy) is 1. The summed E-state index contributed by atoms with van der Waals surface area (Å²) >= 11 is 12.7. The van der Waals surface area contributed by atoms with Crippen LogP contribution in [0.15, 0.2) is 40.4 Å². The summed E-state index contributed by atoms with van der Waals surface area (Å²) in [5, 5.41) is 8.48. The number of benzene rings is 1. The molecule has 0 bridgehead atoms. The number of carbonyl (C=O) groups excluding carboxylic acids is 1. The zero-order valence-electron chi connectivity index (χ0n) is 15.5. The lowest BCUT2D eigenvalue weighted by Crippen LogP contribution is -2.27. The van der Waals surface area contributed by atoms with Crippen LogP contribution in [0.4, 0.5) is 0 Å². The molecule has 1 aromatic carbocycles. The minimum absolute atomic E-state index is 0.00468. The summed E-state index contributed by atoms with van der Waals surface area (Å²) in [5.41, 5.74) is 4.25. The first-order chi connectivity index (χ1) is 13.2. The van der Waals surface area contributed by atoms with Crippen molar-refractivity contribution in [3.8, 4) is 11.6 Å². The molecule has 1 aromatic heterocycles. The highest BCUT2D eigenvalue weighted by molar-refractivity contribution is 6.48. The molecular formula is C19H18Cl2N4O3. The number of rotatable bonds is 4. The van der Waals surface area contributed by atoms with Gasteiger partial charge in [0.05, 0.1) is 16.5 Å². The highest BCUT2D eigenvalue weighted by Gasteiger charge is 2.23. The molecule has 9 heteroatoms. The SMILES string of the molecule is C=C1CC(=O)C(c2cc(Cl)c(Oc3cc(C(C)C)c(=O)n(C)n3)c(Cl)c2)=NN1. The minimum atomic E-state index is -0.196. The highest BCUT2D eigenvalue weighted by atomic mass is 35.5. The number of allylic oxidation sites excluding steroid dienone is 1. The van der Waals surface area contributed by atoms with Gasteiger partial charge in [-0.05, 0) is 18.1 Å². The van der Waals surface area contributed by atoms with E-state index in [4.69, 9.17) is 27.9 Å². The largest absolute Gasteiger partial charge is 0.434 e. The molecule has 1 aliphatic rings. The summed E-state index contributed by atoms with van der Waals surface area (Å²) < 4.78 is 6.97. The standard InChI is InChI=1S/C19H18Cl2N4O3/c1-9(2)12-8-16(24-25(4)19(12)27)28-18-13(20)6-11(7-14(18)21)17-15(26)5-10(3)22-23-17/h6-9,22H,3,5H2,1-2,4H3. The van der Waals surface area contributed by atoms with Crippen LogP contribution in [0.25, 0.3) is 0 Å². The number of aryl methyl sites for hydroxylation is 1. The average Bonchev–Trinajstić information content (AvgIpc) is 2.60. The van der Waals surface area contributed by atoms with Crippen molar-refractivity contribution >= 4 is 34.7 Å². The molecular weight excluding hydrogens is 403 g/mol. The molecule has 3 rings (SSSR count). The number of hydrogen-bond donors (Lipinski definition) is 1. The van der Waals surface area contributed by atoms with E-state index in [9.17, 15) is 9.59 Å². The molecule has 28 heavy (non-hydrogen) atoms. The second kappa shape index (κ2) is 7.77. The number of ketones is 1. The first-order valence-electron chi connectivity index (χ1n) is 8.47. The molecule has 1 aliphatic heterocycles. The van der Waals surface area contributed by atoms with Crippen molar-refractivity contribution in [2.75, 3.05) is 0 Å². The number of Topliss-reactive ketones (excluding diaryl/α,β-unsaturated/α-hetero) is 1. The summed E-state index contributed by atoms with van der Waals surface area (Å²) in [6.45, 7) is 7.48. The minimum Gasteiger partial charge on any atom is -0.434 e. The van der Waals surface area contributed by atoms with Crippen LogP contribution in [0.5, 0.6) is 11.6 Å². The molecule has 0 radical (unpaired) electrons. The van der Waals surface area contributed by atoms with Crippen molar-refractivity contribution in [2.24, 2.45) is 12.1 Å². The van der Waals surface area contributed by atoms with Crippen LogP contribution in [0.3, 0.4) is 0 Å². The Balaban J connectivity index is 1.98.